The molecule has 3 aromatic rings. The van der Waals surface area contributed by atoms with Crippen molar-refractivity contribution in [3.63, 3.8) is 0 Å². The molecule has 1 aliphatic heterocycles. The Hall–Kier alpha value is -3.54. The summed E-state index contributed by atoms with van der Waals surface area (Å²) in [5, 5.41) is 18.1. The van der Waals surface area contributed by atoms with Gasteiger partial charge in [0.25, 0.3) is 5.56 Å². The van der Waals surface area contributed by atoms with Gasteiger partial charge in [-0.25, -0.2) is 4.79 Å². The number of alkyl halides is 3. The number of halogens is 3. The van der Waals surface area contributed by atoms with Crippen LogP contribution in [-0.2, 0) is 10.3 Å². The number of ether oxygens (including phenoxy) is 1. The second-order valence-corrected chi connectivity index (χ2v) is 11.1. The maximum absolute atomic E-state index is 13.3. The number of nitrogens with zero attached hydrogens (tertiary/aromatic N) is 3. The van der Waals surface area contributed by atoms with Crippen LogP contribution in [0, 0.1) is 5.41 Å². The highest BCUT2D eigenvalue weighted by atomic mass is 19.4. The second kappa shape index (κ2) is 10.2. The van der Waals surface area contributed by atoms with Gasteiger partial charge in [-0.2, -0.15) is 18.3 Å². The first kappa shape index (κ1) is 28.5. The molecule has 1 fully saturated rings. The molecule has 0 saturated carbocycles. The zero-order chi connectivity index (χ0) is 28.8. The van der Waals surface area contributed by atoms with Gasteiger partial charge in [0, 0.05) is 31.6 Å². The van der Waals surface area contributed by atoms with E-state index in [0.717, 1.165) is 7.11 Å². The van der Waals surface area contributed by atoms with Crippen LogP contribution in [0.2, 0.25) is 0 Å². The number of piperidine rings is 1. The number of fused-ring (bicyclic) bond motifs is 1. The average molecular weight is 550 g/mol. The van der Waals surface area contributed by atoms with Crippen molar-refractivity contribution in [3.05, 3.63) is 52.4 Å². The van der Waals surface area contributed by atoms with Crippen molar-refractivity contribution in [1.82, 2.24) is 19.7 Å². The zero-order valence-corrected chi connectivity index (χ0v) is 22.6. The van der Waals surface area contributed by atoms with Crippen molar-refractivity contribution in [2.24, 2.45) is 5.41 Å². The van der Waals surface area contributed by atoms with Crippen LogP contribution < -0.4 is 10.9 Å². The standard InChI is InChI=1S/C27H34F3N5O4/c1-6-26(12-14-34(24(37)38)19(15-26)25(2,3)4)35-18-11-13-31-23(36)20(18)22(33-35)32-17-9-7-16(8-10-17)21(39-5)27(28,29)30/h7-11,13,19,21H,6,12,14-15H2,1-5H3,(H,31,36)(H,32,33)(H,37,38). The van der Waals surface area contributed by atoms with Gasteiger partial charge in [-0.3, -0.25) is 9.48 Å². The van der Waals surface area contributed by atoms with Gasteiger partial charge in [0.15, 0.2) is 11.9 Å². The molecule has 0 radical (unpaired) electrons. The van der Waals surface area contributed by atoms with E-state index in [1.807, 2.05) is 32.4 Å². The van der Waals surface area contributed by atoms with E-state index in [2.05, 4.69) is 15.0 Å². The summed E-state index contributed by atoms with van der Waals surface area (Å²) >= 11 is 0. The van der Waals surface area contributed by atoms with Gasteiger partial charge in [-0.05, 0) is 48.4 Å². The van der Waals surface area contributed by atoms with Crippen molar-refractivity contribution in [1.29, 1.82) is 0 Å². The lowest BCUT2D eigenvalue weighted by atomic mass is 9.72. The van der Waals surface area contributed by atoms with E-state index >= 15 is 0 Å². The Labute approximate surface area is 224 Å². The quantitative estimate of drug-likeness (QED) is 0.347. The number of carboxylic acid groups (broad SMARTS) is 1. The Morgan fingerprint density at radius 1 is 1.26 bits per heavy atom. The number of aromatic amines is 1. The number of aromatic nitrogens is 3. The Bertz CT molecular complexity index is 1390. The molecule has 3 N–H and O–H groups in total. The summed E-state index contributed by atoms with van der Waals surface area (Å²) < 4.78 is 46.3. The molecule has 2 aromatic heterocycles. The molecule has 0 bridgehead atoms. The zero-order valence-electron chi connectivity index (χ0n) is 22.6. The van der Waals surface area contributed by atoms with Crippen LogP contribution in [0.1, 0.15) is 58.6 Å². The molecule has 1 amide bonds. The molecular formula is C27H34F3N5O4. The van der Waals surface area contributed by atoms with Crippen LogP contribution in [0.3, 0.4) is 0 Å². The number of hydrogen-bond acceptors (Lipinski definition) is 5. The number of pyridine rings is 1. The fourth-order valence-electron chi connectivity index (χ4n) is 5.59. The van der Waals surface area contributed by atoms with Gasteiger partial charge in [-0.1, -0.05) is 39.8 Å². The molecule has 3 atom stereocenters. The van der Waals surface area contributed by atoms with Crippen LogP contribution in [0.5, 0.6) is 0 Å². The predicted octanol–water partition coefficient (Wildman–Crippen LogP) is 6.01. The number of benzene rings is 1. The summed E-state index contributed by atoms with van der Waals surface area (Å²) in [6.07, 6.45) is -4.36. The van der Waals surface area contributed by atoms with Crippen LogP contribution in [0.15, 0.2) is 41.3 Å². The van der Waals surface area contributed by atoms with E-state index in [-0.39, 0.29) is 28.4 Å². The number of rotatable bonds is 6. The molecular weight excluding hydrogens is 515 g/mol. The third-order valence-corrected chi connectivity index (χ3v) is 7.73. The second-order valence-electron chi connectivity index (χ2n) is 11.1. The summed E-state index contributed by atoms with van der Waals surface area (Å²) in [7, 11) is 1.00. The largest absolute Gasteiger partial charge is 0.465 e. The first-order valence-corrected chi connectivity index (χ1v) is 12.8. The van der Waals surface area contributed by atoms with Gasteiger partial charge >= 0.3 is 12.3 Å². The van der Waals surface area contributed by atoms with E-state index in [1.165, 1.54) is 29.2 Å². The lowest BCUT2D eigenvalue weighted by molar-refractivity contribution is -0.215. The predicted molar refractivity (Wildman–Crippen MR) is 141 cm³/mol. The van der Waals surface area contributed by atoms with Gasteiger partial charge in [0.2, 0.25) is 0 Å². The van der Waals surface area contributed by atoms with E-state index in [4.69, 9.17) is 5.10 Å². The number of methoxy groups -OCH3 is 1. The number of nitrogens with one attached hydrogen (secondary N) is 2. The lowest BCUT2D eigenvalue weighted by Crippen LogP contribution is -2.57. The topological polar surface area (TPSA) is 112 Å². The van der Waals surface area contributed by atoms with Crippen LogP contribution in [0.25, 0.3) is 10.9 Å². The molecule has 3 heterocycles. The summed E-state index contributed by atoms with van der Waals surface area (Å²) in [5.41, 5.74) is -0.267. The molecule has 0 spiro atoms. The number of H-pyrrole nitrogens is 1. The third kappa shape index (κ3) is 5.34. The maximum atomic E-state index is 13.3. The molecule has 0 aliphatic carbocycles. The monoisotopic (exact) mass is 549 g/mol. The number of anilines is 2. The number of likely N-dealkylation sites (tertiary alicyclic amines) is 1. The number of amides is 1. The minimum atomic E-state index is -4.55. The number of hydrogen-bond donors (Lipinski definition) is 3. The van der Waals surface area contributed by atoms with Crippen molar-refractivity contribution >= 4 is 28.5 Å². The van der Waals surface area contributed by atoms with Crippen molar-refractivity contribution in [3.8, 4) is 0 Å². The van der Waals surface area contributed by atoms with Gasteiger partial charge in [0.05, 0.1) is 11.1 Å². The van der Waals surface area contributed by atoms with Crippen LogP contribution in [0.4, 0.5) is 29.5 Å². The molecule has 12 heteroatoms. The fraction of sp³-hybridized carbons (Fsp3) is 0.519. The van der Waals surface area contributed by atoms with E-state index in [9.17, 15) is 27.9 Å². The minimum Gasteiger partial charge on any atom is -0.465 e. The Morgan fingerprint density at radius 2 is 1.92 bits per heavy atom. The molecule has 212 valence electrons. The van der Waals surface area contributed by atoms with Crippen molar-refractivity contribution in [2.75, 3.05) is 19.0 Å². The van der Waals surface area contributed by atoms with E-state index < -0.39 is 23.9 Å². The van der Waals surface area contributed by atoms with E-state index in [0.29, 0.717) is 42.4 Å². The van der Waals surface area contributed by atoms with Crippen molar-refractivity contribution < 1.29 is 27.8 Å². The highest BCUT2D eigenvalue weighted by molar-refractivity contribution is 5.91. The highest BCUT2D eigenvalue weighted by Gasteiger charge is 2.47. The molecule has 4 rings (SSSR count). The Balaban J connectivity index is 1.76. The lowest BCUT2D eigenvalue weighted by Gasteiger charge is -2.50. The molecule has 9 nitrogen and oxygen atoms in total. The van der Waals surface area contributed by atoms with Gasteiger partial charge in [-0.15, -0.1) is 0 Å². The van der Waals surface area contributed by atoms with Crippen molar-refractivity contribution in [2.45, 2.75) is 70.8 Å². The first-order chi connectivity index (χ1) is 18.2. The Morgan fingerprint density at radius 3 is 2.46 bits per heavy atom. The summed E-state index contributed by atoms with van der Waals surface area (Å²) in [4.78, 5) is 29.2. The molecule has 1 saturated heterocycles. The smallest absolute Gasteiger partial charge is 0.418 e. The van der Waals surface area contributed by atoms with Gasteiger partial charge in [0.1, 0.15) is 5.39 Å². The molecule has 1 aromatic carbocycles. The molecule has 1 aliphatic rings. The minimum absolute atomic E-state index is 0.0490. The average Bonchev–Trinajstić information content (AvgIpc) is 3.23. The van der Waals surface area contributed by atoms with Crippen LogP contribution in [-0.4, -0.2) is 56.7 Å². The van der Waals surface area contributed by atoms with Crippen LogP contribution >= 0.6 is 0 Å². The van der Waals surface area contributed by atoms with E-state index in [1.54, 1.807) is 12.3 Å². The Kier molecular flexibility index (Phi) is 7.46. The summed E-state index contributed by atoms with van der Waals surface area (Å²) in [6.45, 7) is 8.37. The normalized spacial score (nSPS) is 21.2. The molecule has 39 heavy (non-hydrogen) atoms. The summed E-state index contributed by atoms with van der Waals surface area (Å²) in [6, 6.07) is 7.07. The number of carbonyl (C=O) groups is 1. The fourth-order valence-corrected chi connectivity index (χ4v) is 5.59. The highest BCUT2D eigenvalue weighted by Crippen LogP contribution is 2.44. The third-order valence-electron chi connectivity index (χ3n) is 7.73. The molecule has 3 unspecified atom stereocenters. The maximum Gasteiger partial charge on any atom is 0.418 e. The van der Waals surface area contributed by atoms with Gasteiger partial charge < -0.3 is 25.0 Å². The summed E-state index contributed by atoms with van der Waals surface area (Å²) in [5.74, 6) is 0.263. The first-order valence-electron chi connectivity index (χ1n) is 12.8. The SMILES string of the molecule is CCC1(n2nc(Nc3ccc(C(OC)C(F)(F)F)cc3)c3c(=O)[nH]ccc32)CCN(C(=O)O)C(C(C)(C)C)C1.